The van der Waals surface area contributed by atoms with Gasteiger partial charge in [-0.05, 0) is 36.6 Å². The van der Waals surface area contributed by atoms with Gasteiger partial charge in [0.15, 0.2) is 18.1 Å². The van der Waals surface area contributed by atoms with Crippen molar-refractivity contribution in [2.75, 3.05) is 13.7 Å². The molecule has 8 nitrogen and oxygen atoms in total. The Kier molecular flexibility index (Phi) is 5.52. The molecular formula is C15H16N4O4. The highest BCUT2D eigenvalue weighted by Gasteiger charge is 2.26. The number of nitrogens with one attached hydrogen (secondary N) is 2. The zero-order valence-corrected chi connectivity index (χ0v) is 12.5. The number of carbonyl (C=O) groups excluding carboxylic acids is 2. The minimum Gasteiger partial charge on any atom is -0.493 e. The summed E-state index contributed by atoms with van der Waals surface area (Å²) in [5.74, 6) is -0.641. The lowest BCUT2D eigenvalue weighted by Crippen LogP contribution is -2.38. The molecule has 1 saturated carbocycles. The Morgan fingerprint density at radius 2 is 2.17 bits per heavy atom. The minimum absolute atomic E-state index is 0.0873. The molecule has 2 N–H and O–H groups in total. The predicted octanol–water partition coefficient (Wildman–Crippen LogP) is 0.326. The van der Waals surface area contributed by atoms with Crippen LogP contribution in [0.1, 0.15) is 18.4 Å². The first-order valence-corrected chi connectivity index (χ1v) is 6.95. The number of nitriles is 1. The SMILES string of the molecule is COc1cc(/C=N\NC(=O)C(=O)NC2CC2)ccc1OCC#N. The summed E-state index contributed by atoms with van der Waals surface area (Å²) in [5.41, 5.74) is 2.79. The van der Waals surface area contributed by atoms with E-state index in [1.54, 1.807) is 18.2 Å². The molecule has 0 aromatic heterocycles. The van der Waals surface area contributed by atoms with Gasteiger partial charge >= 0.3 is 11.8 Å². The normalized spacial score (nSPS) is 13.2. The molecule has 1 aliphatic carbocycles. The summed E-state index contributed by atoms with van der Waals surface area (Å²) in [6, 6.07) is 6.91. The lowest BCUT2D eigenvalue weighted by atomic mass is 10.2. The number of nitrogens with zero attached hydrogens (tertiary/aromatic N) is 2. The number of hydrogen-bond acceptors (Lipinski definition) is 6. The maximum absolute atomic E-state index is 11.5. The molecule has 1 aliphatic rings. The summed E-state index contributed by atoms with van der Waals surface area (Å²) in [6.07, 6.45) is 3.18. The van der Waals surface area contributed by atoms with Gasteiger partial charge in [0.1, 0.15) is 6.07 Å². The van der Waals surface area contributed by atoms with Crippen LogP contribution in [0.4, 0.5) is 0 Å². The molecule has 1 fully saturated rings. The van der Waals surface area contributed by atoms with Crippen molar-refractivity contribution in [3.8, 4) is 17.6 Å². The second kappa shape index (κ2) is 7.79. The molecule has 1 aromatic carbocycles. The Balaban J connectivity index is 1.92. The van der Waals surface area contributed by atoms with Gasteiger partial charge in [0.2, 0.25) is 0 Å². The molecule has 0 bridgehead atoms. The molecule has 0 saturated heterocycles. The highest BCUT2D eigenvalue weighted by molar-refractivity contribution is 6.35. The second-order valence-electron chi connectivity index (χ2n) is 4.80. The number of hydrogen-bond donors (Lipinski definition) is 2. The van der Waals surface area contributed by atoms with Crippen molar-refractivity contribution >= 4 is 18.0 Å². The van der Waals surface area contributed by atoms with Crippen LogP contribution in [0.15, 0.2) is 23.3 Å². The Morgan fingerprint density at radius 3 is 2.83 bits per heavy atom. The summed E-state index contributed by atoms with van der Waals surface area (Å²) >= 11 is 0. The van der Waals surface area contributed by atoms with Gasteiger partial charge in [0.05, 0.1) is 13.3 Å². The lowest BCUT2D eigenvalue weighted by Gasteiger charge is -2.08. The van der Waals surface area contributed by atoms with Gasteiger partial charge in [-0.2, -0.15) is 10.4 Å². The van der Waals surface area contributed by atoms with E-state index in [9.17, 15) is 9.59 Å². The Bertz CT molecular complexity index is 662. The fourth-order valence-electron chi connectivity index (χ4n) is 1.69. The van der Waals surface area contributed by atoms with Crippen molar-refractivity contribution in [3.05, 3.63) is 23.8 Å². The van der Waals surface area contributed by atoms with Crippen molar-refractivity contribution in [1.29, 1.82) is 5.26 Å². The fourth-order valence-corrected chi connectivity index (χ4v) is 1.69. The number of hydrazone groups is 1. The third-order valence-electron chi connectivity index (χ3n) is 2.98. The first kappa shape index (κ1) is 16.3. The molecule has 0 heterocycles. The molecule has 0 atom stereocenters. The van der Waals surface area contributed by atoms with Gasteiger partial charge in [-0.25, -0.2) is 5.43 Å². The van der Waals surface area contributed by atoms with E-state index in [1.165, 1.54) is 13.3 Å². The molecule has 23 heavy (non-hydrogen) atoms. The average molecular weight is 316 g/mol. The summed E-state index contributed by atoms with van der Waals surface area (Å²) < 4.78 is 10.3. The molecule has 0 radical (unpaired) electrons. The Labute approximate surface area is 133 Å². The first-order chi connectivity index (χ1) is 11.1. The largest absolute Gasteiger partial charge is 0.493 e. The quantitative estimate of drug-likeness (QED) is 0.446. The number of benzene rings is 1. The van der Waals surface area contributed by atoms with Crippen LogP contribution in [-0.2, 0) is 9.59 Å². The minimum atomic E-state index is -0.811. The van der Waals surface area contributed by atoms with E-state index in [-0.39, 0.29) is 12.6 Å². The van der Waals surface area contributed by atoms with Crippen LogP contribution >= 0.6 is 0 Å². The summed E-state index contributed by atoms with van der Waals surface area (Å²) in [5, 5.41) is 14.8. The number of amides is 2. The maximum Gasteiger partial charge on any atom is 0.329 e. The second-order valence-corrected chi connectivity index (χ2v) is 4.80. The van der Waals surface area contributed by atoms with E-state index in [1.807, 2.05) is 6.07 Å². The molecule has 0 unspecified atom stereocenters. The van der Waals surface area contributed by atoms with Gasteiger partial charge < -0.3 is 14.8 Å². The standard InChI is InChI=1S/C15H16N4O4/c1-22-13-8-10(2-5-12(13)23-7-6-16)9-17-19-15(21)14(20)18-11-3-4-11/h2,5,8-9,11H,3-4,7H2,1H3,(H,18,20)(H,19,21)/b17-9-. The van der Waals surface area contributed by atoms with E-state index in [0.29, 0.717) is 17.1 Å². The lowest BCUT2D eigenvalue weighted by molar-refractivity contribution is -0.139. The zero-order chi connectivity index (χ0) is 16.7. The molecule has 1 aromatic rings. The van der Waals surface area contributed by atoms with Crippen molar-refractivity contribution in [2.45, 2.75) is 18.9 Å². The monoisotopic (exact) mass is 316 g/mol. The number of methoxy groups -OCH3 is 1. The highest BCUT2D eigenvalue weighted by atomic mass is 16.5. The van der Waals surface area contributed by atoms with Crippen LogP contribution in [-0.4, -0.2) is 37.8 Å². The van der Waals surface area contributed by atoms with Gasteiger partial charge in [-0.15, -0.1) is 0 Å². The van der Waals surface area contributed by atoms with Crippen LogP contribution < -0.4 is 20.2 Å². The third-order valence-corrected chi connectivity index (χ3v) is 2.98. The van der Waals surface area contributed by atoms with Crippen LogP contribution in [0.5, 0.6) is 11.5 Å². The van der Waals surface area contributed by atoms with Crippen LogP contribution in [0.2, 0.25) is 0 Å². The zero-order valence-electron chi connectivity index (χ0n) is 12.5. The van der Waals surface area contributed by atoms with Crippen LogP contribution in [0.25, 0.3) is 0 Å². The fraction of sp³-hybridized carbons (Fsp3) is 0.333. The van der Waals surface area contributed by atoms with Crippen molar-refractivity contribution in [2.24, 2.45) is 5.10 Å². The Hall–Kier alpha value is -3.08. The average Bonchev–Trinajstić information content (AvgIpc) is 3.37. The maximum atomic E-state index is 11.5. The summed E-state index contributed by atoms with van der Waals surface area (Å²) in [6.45, 7) is -0.0873. The molecular weight excluding hydrogens is 300 g/mol. The van der Waals surface area contributed by atoms with E-state index >= 15 is 0 Å². The van der Waals surface area contributed by atoms with E-state index in [2.05, 4.69) is 15.8 Å². The van der Waals surface area contributed by atoms with E-state index in [0.717, 1.165) is 12.8 Å². The predicted molar refractivity (Wildman–Crippen MR) is 81.0 cm³/mol. The van der Waals surface area contributed by atoms with Gasteiger partial charge in [-0.3, -0.25) is 9.59 Å². The smallest absolute Gasteiger partial charge is 0.329 e. The molecule has 0 aliphatic heterocycles. The first-order valence-electron chi connectivity index (χ1n) is 6.95. The molecule has 2 rings (SSSR count). The van der Waals surface area contributed by atoms with Crippen molar-refractivity contribution in [1.82, 2.24) is 10.7 Å². The van der Waals surface area contributed by atoms with Crippen molar-refractivity contribution in [3.63, 3.8) is 0 Å². The summed E-state index contributed by atoms with van der Waals surface area (Å²) in [4.78, 5) is 22.9. The van der Waals surface area contributed by atoms with Gasteiger partial charge in [-0.1, -0.05) is 0 Å². The molecule has 120 valence electrons. The van der Waals surface area contributed by atoms with Crippen LogP contribution in [0, 0.1) is 11.3 Å². The van der Waals surface area contributed by atoms with Gasteiger partial charge in [0, 0.05) is 6.04 Å². The molecule has 8 heteroatoms. The Morgan fingerprint density at radius 1 is 1.39 bits per heavy atom. The topological polar surface area (TPSA) is 113 Å². The van der Waals surface area contributed by atoms with E-state index in [4.69, 9.17) is 14.7 Å². The van der Waals surface area contributed by atoms with Gasteiger partial charge in [0.25, 0.3) is 0 Å². The number of carbonyl (C=O) groups is 2. The van der Waals surface area contributed by atoms with Crippen molar-refractivity contribution < 1.29 is 19.1 Å². The van der Waals surface area contributed by atoms with Crippen LogP contribution in [0.3, 0.4) is 0 Å². The molecule has 0 spiro atoms. The van der Waals surface area contributed by atoms with E-state index < -0.39 is 11.8 Å². The highest BCUT2D eigenvalue weighted by Crippen LogP contribution is 2.27. The summed E-state index contributed by atoms with van der Waals surface area (Å²) in [7, 11) is 1.47. The number of rotatable bonds is 6. The molecule has 2 amide bonds. The third kappa shape index (κ3) is 5.00. The number of ether oxygens (including phenoxy) is 2.